The fraction of sp³-hybridized carbons (Fsp3) is 0.800. The van der Waals surface area contributed by atoms with Crippen LogP contribution in [0.25, 0.3) is 0 Å². The number of nitrogens with zero attached hydrogens (tertiary/aromatic N) is 1. The minimum absolute atomic E-state index is 0.850. The van der Waals surface area contributed by atoms with Crippen LogP contribution in [0.1, 0.15) is 13.8 Å². The molecule has 0 rings (SSSR count). The van der Waals surface area contributed by atoms with Gasteiger partial charge in [-0.1, -0.05) is 0 Å². The number of hydrogen-bond donors (Lipinski definition) is 1. The predicted octanol–water partition coefficient (Wildman–Crippen LogP) is -0.725. The molecular formula is C5H13N2Se. The molecule has 1 radical (unpaired) electrons. The Hall–Kier alpha value is 0.309. The van der Waals surface area contributed by atoms with Crippen LogP contribution in [0.5, 0.6) is 0 Å². The average Bonchev–Trinajstić information content (AvgIpc) is 1.69. The van der Waals surface area contributed by atoms with Gasteiger partial charge in [0.25, 0.3) is 0 Å². The summed E-state index contributed by atoms with van der Waals surface area (Å²) in [6, 6.07) is 0. The van der Waals surface area contributed by atoms with Gasteiger partial charge in [0.05, 0.1) is 0 Å². The van der Waals surface area contributed by atoms with E-state index in [1.807, 2.05) is 0 Å². The van der Waals surface area contributed by atoms with Crippen LogP contribution < -0.4 is 5.73 Å². The Bertz CT molecular complexity index is 78.5. The molecule has 8 heavy (non-hydrogen) atoms. The Kier molecular flexibility index (Phi) is 4.38. The molecule has 0 aliphatic heterocycles. The molecule has 0 fully saturated rings. The first-order valence-corrected chi connectivity index (χ1v) is 3.72. The van der Waals surface area contributed by atoms with Crippen LogP contribution >= 0.6 is 0 Å². The normalized spacial score (nSPS) is 10.0. The van der Waals surface area contributed by atoms with Crippen LogP contribution in [0.15, 0.2) is 0 Å². The van der Waals surface area contributed by atoms with Gasteiger partial charge in [0.1, 0.15) is 0 Å². The molecule has 49 valence electrons. The van der Waals surface area contributed by atoms with Crippen molar-refractivity contribution in [3.05, 3.63) is 0 Å². The van der Waals surface area contributed by atoms with Gasteiger partial charge in [-0.05, 0) is 0 Å². The third-order valence-corrected chi connectivity index (χ3v) is 1.68. The molecule has 0 saturated heterocycles. The van der Waals surface area contributed by atoms with Crippen LogP contribution in [0, 0.1) is 0 Å². The summed E-state index contributed by atoms with van der Waals surface area (Å²) in [5.74, 6) is 0. The van der Waals surface area contributed by atoms with Crippen molar-refractivity contribution >= 4 is 20.2 Å². The van der Waals surface area contributed by atoms with Crippen LogP contribution in [-0.2, 0) is 0 Å². The third-order valence-electron chi connectivity index (χ3n) is 1.09. The second-order valence-corrected chi connectivity index (χ2v) is 2.49. The molecular weight excluding hydrogens is 167 g/mol. The maximum absolute atomic E-state index is 5.47. The minimum atomic E-state index is 0.850. The van der Waals surface area contributed by atoms with Crippen LogP contribution in [0.2, 0.25) is 0 Å². The van der Waals surface area contributed by atoms with E-state index < -0.39 is 0 Å². The summed E-state index contributed by atoms with van der Waals surface area (Å²) in [5, 5.41) is 0. The summed E-state index contributed by atoms with van der Waals surface area (Å²) in [5.41, 5.74) is 5.47. The molecule has 3 heteroatoms. The Morgan fingerprint density at radius 1 is 1.50 bits per heavy atom. The molecule has 0 amide bonds. The Labute approximate surface area is 58.4 Å². The van der Waals surface area contributed by atoms with E-state index in [2.05, 4.69) is 34.3 Å². The predicted molar refractivity (Wildman–Crippen MR) is 39.3 cm³/mol. The molecule has 0 atom stereocenters. The SMILES string of the molecule is CCN(CC)C(N)=[SeH]. The summed E-state index contributed by atoms with van der Waals surface area (Å²) in [6.07, 6.45) is 0. The van der Waals surface area contributed by atoms with E-state index in [0.717, 1.165) is 17.8 Å². The first kappa shape index (κ1) is 8.31. The Morgan fingerprint density at radius 3 is 1.88 bits per heavy atom. The van der Waals surface area contributed by atoms with Gasteiger partial charge in [0.15, 0.2) is 0 Å². The summed E-state index contributed by atoms with van der Waals surface area (Å²) >= 11 is 2.34. The van der Waals surface area contributed by atoms with E-state index in [-0.39, 0.29) is 0 Å². The van der Waals surface area contributed by atoms with Crippen molar-refractivity contribution in [1.29, 1.82) is 0 Å². The summed E-state index contributed by atoms with van der Waals surface area (Å²) in [7, 11) is 0. The summed E-state index contributed by atoms with van der Waals surface area (Å²) in [6.45, 7) is 6.17. The first-order chi connectivity index (χ1) is 3.72. The maximum atomic E-state index is 5.47. The molecule has 0 aliphatic carbocycles. The van der Waals surface area contributed by atoms with Crippen molar-refractivity contribution < 1.29 is 0 Å². The van der Waals surface area contributed by atoms with Crippen molar-refractivity contribution in [2.45, 2.75) is 13.8 Å². The topological polar surface area (TPSA) is 29.3 Å². The standard InChI is InChI=1S/C5H13N2Se/c1-3-7(4-2)5(6)8/h8H,3-4,6H2,1-2H3. The molecule has 0 aromatic carbocycles. The summed E-state index contributed by atoms with van der Waals surface area (Å²) in [4.78, 5) is 2.08. The molecule has 2 N–H and O–H groups in total. The second-order valence-electron chi connectivity index (χ2n) is 1.53. The fourth-order valence-corrected chi connectivity index (χ4v) is 1.14. The molecule has 0 spiro atoms. The first-order valence-electron chi connectivity index (χ1n) is 2.78. The molecule has 0 saturated carbocycles. The zero-order chi connectivity index (χ0) is 6.57. The number of hydrogen-bond acceptors (Lipinski definition) is 2. The van der Waals surface area contributed by atoms with Crippen LogP contribution in [0.4, 0.5) is 0 Å². The third kappa shape index (κ3) is 2.58. The Balaban J connectivity index is 3.52. The molecule has 0 aromatic rings. The van der Waals surface area contributed by atoms with E-state index in [4.69, 9.17) is 5.73 Å². The van der Waals surface area contributed by atoms with Gasteiger partial charge in [-0.2, -0.15) is 0 Å². The second kappa shape index (κ2) is 4.21. The molecule has 2 nitrogen and oxygen atoms in total. The van der Waals surface area contributed by atoms with Gasteiger partial charge in [0.2, 0.25) is 0 Å². The van der Waals surface area contributed by atoms with Crippen molar-refractivity contribution in [3.63, 3.8) is 0 Å². The van der Waals surface area contributed by atoms with Gasteiger partial charge < -0.3 is 0 Å². The van der Waals surface area contributed by atoms with Gasteiger partial charge in [0, 0.05) is 0 Å². The molecule has 0 aromatic heterocycles. The van der Waals surface area contributed by atoms with Gasteiger partial charge in [-0.3, -0.25) is 0 Å². The molecule has 0 heterocycles. The fourth-order valence-electron chi connectivity index (χ4n) is 0.548. The number of nitrogens with two attached hydrogens (primary N) is 1. The molecule has 0 aliphatic rings. The molecule has 0 unspecified atom stereocenters. The summed E-state index contributed by atoms with van der Waals surface area (Å²) < 4.78 is 0.850. The van der Waals surface area contributed by atoms with Gasteiger partial charge >= 0.3 is 57.8 Å². The Morgan fingerprint density at radius 2 is 1.88 bits per heavy atom. The zero-order valence-corrected chi connectivity index (χ0v) is 7.26. The van der Waals surface area contributed by atoms with E-state index in [1.54, 1.807) is 0 Å². The van der Waals surface area contributed by atoms with Gasteiger partial charge in [-0.15, -0.1) is 0 Å². The van der Waals surface area contributed by atoms with Crippen LogP contribution in [-0.4, -0.2) is 38.2 Å². The quantitative estimate of drug-likeness (QED) is 0.580. The van der Waals surface area contributed by atoms with Crippen molar-refractivity contribution in [3.8, 4) is 0 Å². The van der Waals surface area contributed by atoms with Crippen molar-refractivity contribution in [1.82, 2.24) is 4.90 Å². The van der Waals surface area contributed by atoms with E-state index in [0.29, 0.717) is 0 Å². The van der Waals surface area contributed by atoms with E-state index >= 15 is 0 Å². The zero-order valence-electron chi connectivity index (χ0n) is 5.39. The van der Waals surface area contributed by atoms with Crippen molar-refractivity contribution in [2.24, 2.45) is 5.73 Å². The molecule has 0 bridgehead atoms. The van der Waals surface area contributed by atoms with E-state index in [1.165, 1.54) is 0 Å². The van der Waals surface area contributed by atoms with Gasteiger partial charge in [-0.25, -0.2) is 0 Å². The van der Waals surface area contributed by atoms with Crippen LogP contribution in [0.3, 0.4) is 0 Å². The monoisotopic (exact) mass is 181 g/mol. The average molecular weight is 180 g/mol. The van der Waals surface area contributed by atoms with Crippen molar-refractivity contribution in [2.75, 3.05) is 13.1 Å². The number of rotatable bonds is 3. The van der Waals surface area contributed by atoms with E-state index in [9.17, 15) is 0 Å².